The third-order valence-corrected chi connectivity index (χ3v) is 7.47. The van der Waals surface area contributed by atoms with Crippen molar-refractivity contribution in [2.24, 2.45) is 0 Å². The van der Waals surface area contributed by atoms with Gasteiger partial charge in [0.25, 0.3) is 0 Å². The van der Waals surface area contributed by atoms with Crippen molar-refractivity contribution in [3.8, 4) is 0 Å². The lowest BCUT2D eigenvalue weighted by Gasteiger charge is -2.23. The van der Waals surface area contributed by atoms with E-state index in [1.54, 1.807) is 37.3 Å². The van der Waals surface area contributed by atoms with Crippen LogP contribution in [0.25, 0.3) is 0 Å². The van der Waals surface area contributed by atoms with Crippen LogP contribution in [0.1, 0.15) is 22.3 Å². The lowest BCUT2D eigenvalue weighted by molar-refractivity contribution is -0.116. The number of nitrogens with one attached hydrogen (secondary N) is 1. The smallest absolute Gasteiger partial charge is 0.243 e. The number of halogens is 1. The van der Waals surface area contributed by atoms with Gasteiger partial charge in [-0.25, -0.2) is 8.42 Å². The van der Waals surface area contributed by atoms with Crippen LogP contribution in [0, 0.1) is 20.8 Å². The van der Waals surface area contributed by atoms with E-state index in [-0.39, 0.29) is 18.0 Å². The van der Waals surface area contributed by atoms with Gasteiger partial charge in [0.2, 0.25) is 15.9 Å². The minimum absolute atomic E-state index is 0.182. The van der Waals surface area contributed by atoms with E-state index >= 15 is 0 Å². The van der Waals surface area contributed by atoms with Crippen LogP contribution >= 0.6 is 11.6 Å². The number of amides is 1. The molecule has 0 unspecified atom stereocenters. The molecule has 0 aliphatic rings. The van der Waals surface area contributed by atoms with Gasteiger partial charge in [0, 0.05) is 17.3 Å². The number of sulfonamides is 1. The molecule has 1 amide bonds. The van der Waals surface area contributed by atoms with Crippen molar-refractivity contribution in [1.82, 2.24) is 4.31 Å². The average molecular weight is 471 g/mol. The molecule has 3 rings (SSSR count). The Hall–Kier alpha value is -2.67. The summed E-state index contributed by atoms with van der Waals surface area (Å²) in [7, 11) is -3.88. The summed E-state index contributed by atoms with van der Waals surface area (Å²) in [6.45, 7) is 5.35. The fourth-order valence-corrected chi connectivity index (χ4v) is 5.26. The molecule has 0 radical (unpaired) electrons. The van der Waals surface area contributed by atoms with Crippen molar-refractivity contribution < 1.29 is 13.2 Å². The lowest BCUT2D eigenvalue weighted by Crippen LogP contribution is -2.39. The zero-order valence-corrected chi connectivity index (χ0v) is 20.0. The van der Waals surface area contributed by atoms with E-state index < -0.39 is 15.9 Å². The van der Waals surface area contributed by atoms with Gasteiger partial charge in [-0.3, -0.25) is 4.79 Å². The minimum atomic E-state index is -3.88. The number of carbonyl (C=O) groups excluding carboxylic acids is 1. The molecule has 168 valence electrons. The van der Waals surface area contributed by atoms with Gasteiger partial charge in [-0.2, -0.15) is 4.31 Å². The fraction of sp³-hybridized carbons (Fsp3) is 0.240. The molecule has 3 aromatic rings. The van der Waals surface area contributed by atoms with Gasteiger partial charge in [-0.1, -0.05) is 60.1 Å². The first kappa shape index (κ1) is 24.0. The average Bonchev–Trinajstić information content (AvgIpc) is 2.76. The van der Waals surface area contributed by atoms with E-state index in [9.17, 15) is 13.2 Å². The van der Waals surface area contributed by atoms with E-state index in [0.717, 1.165) is 16.7 Å². The Morgan fingerprint density at radius 2 is 1.62 bits per heavy atom. The summed E-state index contributed by atoms with van der Waals surface area (Å²) in [5, 5.41) is 3.29. The summed E-state index contributed by atoms with van der Waals surface area (Å²) in [6.07, 6.45) is 0.494. The van der Waals surface area contributed by atoms with Crippen LogP contribution in [0.15, 0.2) is 71.6 Å². The molecule has 0 saturated heterocycles. The third kappa shape index (κ3) is 5.97. The highest BCUT2D eigenvalue weighted by Crippen LogP contribution is 2.23. The summed E-state index contributed by atoms with van der Waals surface area (Å²) in [5.41, 5.74) is 3.90. The molecule has 0 heterocycles. The third-order valence-electron chi connectivity index (χ3n) is 5.25. The van der Waals surface area contributed by atoms with Crippen LogP contribution < -0.4 is 5.32 Å². The van der Waals surface area contributed by atoms with E-state index in [1.807, 2.05) is 50.2 Å². The number of anilines is 1. The van der Waals surface area contributed by atoms with Crippen molar-refractivity contribution in [2.75, 3.05) is 18.4 Å². The minimum Gasteiger partial charge on any atom is -0.325 e. The zero-order valence-electron chi connectivity index (χ0n) is 18.4. The molecule has 0 bridgehead atoms. The number of benzene rings is 3. The van der Waals surface area contributed by atoms with Crippen molar-refractivity contribution >= 4 is 33.2 Å². The number of aryl methyl sites for hydroxylation is 3. The highest BCUT2D eigenvalue weighted by Gasteiger charge is 2.28. The predicted octanol–water partition coefficient (Wildman–Crippen LogP) is 5.14. The summed E-state index contributed by atoms with van der Waals surface area (Å²) in [4.78, 5) is 13.1. The van der Waals surface area contributed by atoms with Gasteiger partial charge in [0.05, 0.1) is 11.4 Å². The van der Waals surface area contributed by atoms with Gasteiger partial charge < -0.3 is 5.32 Å². The van der Waals surface area contributed by atoms with Crippen LogP contribution in [-0.4, -0.2) is 31.7 Å². The molecule has 3 aromatic carbocycles. The van der Waals surface area contributed by atoms with Crippen LogP contribution in [0.3, 0.4) is 0 Å². The molecule has 0 saturated carbocycles. The first-order valence-electron chi connectivity index (χ1n) is 10.3. The van der Waals surface area contributed by atoms with Crippen molar-refractivity contribution in [1.29, 1.82) is 0 Å². The van der Waals surface area contributed by atoms with Gasteiger partial charge in [-0.15, -0.1) is 0 Å². The predicted molar refractivity (Wildman–Crippen MR) is 130 cm³/mol. The molecular formula is C25H27ClN2O3S. The fourth-order valence-electron chi connectivity index (χ4n) is 3.39. The maximum Gasteiger partial charge on any atom is 0.243 e. The maximum absolute atomic E-state index is 13.6. The summed E-state index contributed by atoms with van der Waals surface area (Å²) in [5.74, 6) is -0.419. The Bertz CT molecular complexity index is 1210. The number of carbonyl (C=O) groups is 1. The first-order valence-corrected chi connectivity index (χ1v) is 12.2. The van der Waals surface area contributed by atoms with Gasteiger partial charge in [0.1, 0.15) is 0 Å². The number of hydrogen-bond donors (Lipinski definition) is 1. The van der Waals surface area contributed by atoms with Crippen molar-refractivity contribution in [2.45, 2.75) is 32.1 Å². The quantitative estimate of drug-likeness (QED) is 0.495. The van der Waals surface area contributed by atoms with Gasteiger partial charge >= 0.3 is 0 Å². The van der Waals surface area contributed by atoms with Crippen LogP contribution in [0.2, 0.25) is 5.02 Å². The Morgan fingerprint density at radius 1 is 0.938 bits per heavy atom. The number of hydrogen-bond acceptors (Lipinski definition) is 3. The van der Waals surface area contributed by atoms with E-state index in [0.29, 0.717) is 22.7 Å². The standard InChI is InChI=1S/C25H27ClN2O3S/c1-18-9-10-20(3)24(15-18)32(30,31)28(14-13-21-7-5-4-6-8-21)17-25(29)27-23-16-22(26)12-11-19(23)2/h4-12,15-16H,13-14,17H2,1-3H3,(H,27,29). The number of nitrogens with zero attached hydrogens (tertiary/aromatic N) is 1. The molecule has 0 aromatic heterocycles. The molecule has 7 heteroatoms. The molecule has 32 heavy (non-hydrogen) atoms. The molecule has 0 spiro atoms. The molecule has 0 fully saturated rings. The zero-order chi connectivity index (χ0) is 23.3. The second kappa shape index (κ2) is 10.3. The van der Waals surface area contributed by atoms with E-state index in [4.69, 9.17) is 11.6 Å². The lowest BCUT2D eigenvalue weighted by atomic mass is 10.1. The van der Waals surface area contributed by atoms with Crippen molar-refractivity contribution in [3.05, 3.63) is 94.0 Å². The van der Waals surface area contributed by atoms with Crippen LogP contribution in [0.5, 0.6) is 0 Å². The van der Waals surface area contributed by atoms with Gasteiger partial charge in [-0.05, 0) is 67.6 Å². The summed E-state index contributed by atoms with van der Waals surface area (Å²) < 4.78 is 28.4. The van der Waals surface area contributed by atoms with Crippen molar-refractivity contribution in [3.63, 3.8) is 0 Å². The Morgan fingerprint density at radius 3 is 2.34 bits per heavy atom. The van der Waals surface area contributed by atoms with E-state index in [2.05, 4.69) is 5.32 Å². The molecule has 0 atom stereocenters. The topological polar surface area (TPSA) is 66.5 Å². The molecule has 5 nitrogen and oxygen atoms in total. The Labute approximate surface area is 195 Å². The molecule has 1 N–H and O–H groups in total. The molecular weight excluding hydrogens is 444 g/mol. The highest BCUT2D eigenvalue weighted by atomic mass is 35.5. The maximum atomic E-state index is 13.6. The monoisotopic (exact) mass is 470 g/mol. The van der Waals surface area contributed by atoms with Crippen LogP contribution in [0.4, 0.5) is 5.69 Å². The molecule has 0 aliphatic carbocycles. The van der Waals surface area contributed by atoms with E-state index in [1.165, 1.54) is 4.31 Å². The number of rotatable bonds is 8. The Balaban J connectivity index is 1.88. The van der Waals surface area contributed by atoms with Crippen LogP contribution in [-0.2, 0) is 21.2 Å². The van der Waals surface area contributed by atoms with Gasteiger partial charge in [0.15, 0.2) is 0 Å². The SMILES string of the molecule is Cc1ccc(C)c(S(=O)(=O)N(CCc2ccccc2)CC(=O)Nc2cc(Cl)ccc2C)c1. The highest BCUT2D eigenvalue weighted by molar-refractivity contribution is 7.89. The Kier molecular flexibility index (Phi) is 7.72. The second-order valence-corrected chi connectivity index (χ2v) is 10.2. The normalized spacial score (nSPS) is 11.5. The molecule has 0 aliphatic heterocycles. The summed E-state index contributed by atoms with van der Waals surface area (Å²) >= 11 is 6.05. The summed E-state index contributed by atoms with van der Waals surface area (Å²) in [6, 6.07) is 20.1. The second-order valence-electron chi connectivity index (χ2n) is 7.85. The first-order chi connectivity index (χ1) is 15.2. The largest absolute Gasteiger partial charge is 0.325 e.